The van der Waals surface area contributed by atoms with Crippen LogP contribution < -0.4 is 4.90 Å². The molecule has 6 aromatic carbocycles. The molecule has 1 aromatic heterocycles. The van der Waals surface area contributed by atoms with Gasteiger partial charge in [0.2, 0.25) is 0 Å². The summed E-state index contributed by atoms with van der Waals surface area (Å²) >= 11 is 0. The standard InChI is InChI=1S/C40H32N4/c1-29-26-30(2)28-34(27-29)31-18-20-36(21-19-31)43(35-16-10-5-11-17-35)37-22-24-38(25-23-37)44-40(33-14-8-4-9-15-33)41-39(42-44)32-12-6-3-7-13-32/h3-28H,1-2H3. The molecule has 0 radical (unpaired) electrons. The van der Waals surface area contributed by atoms with E-state index in [1.165, 1.54) is 22.3 Å². The molecule has 0 aliphatic carbocycles. The number of aromatic nitrogens is 3. The highest BCUT2D eigenvalue weighted by Crippen LogP contribution is 2.36. The maximum absolute atomic E-state index is 4.97. The molecule has 0 unspecified atom stereocenters. The van der Waals surface area contributed by atoms with Gasteiger partial charge in [0.1, 0.15) is 0 Å². The number of para-hydroxylation sites is 1. The first-order valence-electron chi connectivity index (χ1n) is 14.8. The van der Waals surface area contributed by atoms with Crippen LogP contribution in [0.1, 0.15) is 11.1 Å². The van der Waals surface area contributed by atoms with Gasteiger partial charge in [0.15, 0.2) is 11.6 Å². The van der Waals surface area contributed by atoms with Gasteiger partial charge in [0, 0.05) is 28.2 Å². The third-order valence-corrected chi connectivity index (χ3v) is 7.72. The Hall–Kier alpha value is -5.74. The van der Waals surface area contributed by atoms with Crippen molar-refractivity contribution in [2.75, 3.05) is 4.90 Å². The van der Waals surface area contributed by atoms with E-state index in [-0.39, 0.29) is 0 Å². The first-order valence-corrected chi connectivity index (χ1v) is 14.8. The van der Waals surface area contributed by atoms with Gasteiger partial charge in [-0.2, -0.15) is 0 Å². The van der Waals surface area contributed by atoms with Crippen molar-refractivity contribution in [2.45, 2.75) is 13.8 Å². The normalized spacial score (nSPS) is 11.0. The van der Waals surface area contributed by atoms with Crippen LogP contribution in [-0.4, -0.2) is 14.8 Å². The van der Waals surface area contributed by atoms with E-state index in [1.54, 1.807) is 0 Å². The molecule has 0 aliphatic rings. The second-order valence-electron chi connectivity index (χ2n) is 11.0. The number of hydrogen-bond acceptors (Lipinski definition) is 3. The van der Waals surface area contributed by atoms with Crippen LogP contribution in [0.15, 0.2) is 158 Å². The zero-order chi connectivity index (χ0) is 29.9. The zero-order valence-corrected chi connectivity index (χ0v) is 24.8. The van der Waals surface area contributed by atoms with Crippen molar-refractivity contribution >= 4 is 17.1 Å². The number of nitrogens with zero attached hydrogens (tertiary/aromatic N) is 4. The Morgan fingerprint density at radius 1 is 0.455 bits per heavy atom. The topological polar surface area (TPSA) is 34.0 Å². The lowest BCUT2D eigenvalue weighted by molar-refractivity contribution is 0.890. The van der Waals surface area contributed by atoms with E-state index in [1.807, 2.05) is 59.3 Å². The Labute approximate surface area is 258 Å². The van der Waals surface area contributed by atoms with Gasteiger partial charge in [0.05, 0.1) is 5.69 Å². The summed E-state index contributed by atoms with van der Waals surface area (Å²) in [5.74, 6) is 1.50. The van der Waals surface area contributed by atoms with Crippen molar-refractivity contribution in [3.05, 3.63) is 169 Å². The summed E-state index contributed by atoms with van der Waals surface area (Å²) in [7, 11) is 0. The molecule has 7 rings (SSSR count). The van der Waals surface area contributed by atoms with E-state index >= 15 is 0 Å². The minimum atomic E-state index is 0.698. The molecule has 0 aliphatic heterocycles. The molecule has 4 heteroatoms. The number of rotatable bonds is 7. The lowest BCUT2D eigenvalue weighted by atomic mass is 10.0. The molecule has 0 atom stereocenters. The minimum Gasteiger partial charge on any atom is -0.311 e. The molecule has 1 heterocycles. The molecule has 0 bridgehead atoms. The second-order valence-corrected chi connectivity index (χ2v) is 11.0. The summed E-state index contributed by atoms with van der Waals surface area (Å²) in [5.41, 5.74) is 11.2. The number of anilines is 3. The van der Waals surface area contributed by atoms with Crippen molar-refractivity contribution in [1.29, 1.82) is 0 Å². The predicted molar refractivity (Wildman–Crippen MR) is 182 cm³/mol. The zero-order valence-electron chi connectivity index (χ0n) is 24.8. The Morgan fingerprint density at radius 3 is 1.55 bits per heavy atom. The maximum Gasteiger partial charge on any atom is 0.182 e. The van der Waals surface area contributed by atoms with Gasteiger partial charge in [-0.3, -0.25) is 0 Å². The first kappa shape index (κ1) is 27.1. The molecule has 0 amide bonds. The molecule has 0 saturated heterocycles. The van der Waals surface area contributed by atoms with Crippen LogP contribution in [0.25, 0.3) is 39.6 Å². The molecular weight excluding hydrogens is 536 g/mol. The average Bonchev–Trinajstić information content (AvgIpc) is 3.52. The summed E-state index contributed by atoms with van der Waals surface area (Å²) < 4.78 is 1.94. The van der Waals surface area contributed by atoms with Gasteiger partial charge in [0.25, 0.3) is 0 Å². The van der Waals surface area contributed by atoms with Crippen LogP contribution in [0.4, 0.5) is 17.1 Å². The molecule has 0 saturated carbocycles. The fourth-order valence-corrected chi connectivity index (χ4v) is 5.69. The van der Waals surface area contributed by atoms with Crippen LogP contribution in [0, 0.1) is 13.8 Å². The summed E-state index contributed by atoms with van der Waals surface area (Å²) in [4.78, 5) is 7.25. The molecule has 0 N–H and O–H groups in total. The van der Waals surface area contributed by atoms with Crippen molar-refractivity contribution in [1.82, 2.24) is 14.8 Å². The number of hydrogen-bond donors (Lipinski definition) is 0. The highest BCUT2D eigenvalue weighted by Gasteiger charge is 2.17. The quantitative estimate of drug-likeness (QED) is 0.192. The van der Waals surface area contributed by atoms with Gasteiger partial charge >= 0.3 is 0 Å². The molecule has 44 heavy (non-hydrogen) atoms. The molecule has 0 fully saturated rings. The Morgan fingerprint density at radius 2 is 0.955 bits per heavy atom. The molecule has 7 aromatic rings. The highest BCUT2D eigenvalue weighted by molar-refractivity contribution is 5.79. The third kappa shape index (κ3) is 5.53. The van der Waals surface area contributed by atoms with Crippen LogP contribution in [0.5, 0.6) is 0 Å². The Balaban J connectivity index is 1.27. The predicted octanol–water partition coefficient (Wildman–Crippen LogP) is 10.4. The second kappa shape index (κ2) is 11.9. The maximum atomic E-state index is 4.97. The highest BCUT2D eigenvalue weighted by atomic mass is 15.4. The van der Waals surface area contributed by atoms with Crippen molar-refractivity contribution in [3.63, 3.8) is 0 Å². The van der Waals surface area contributed by atoms with Crippen LogP contribution in [0.2, 0.25) is 0 Å². The molecule has 0 spiro atoms. The molecule has 4 nitrogen and oxygen atoms in total. The first-order chi connectivity index (χ1) is 21.6. The van der Waals surface area contributed by atoms with E-state index in [2.05, 4.69) is 122 Å². The van der Waals surface area contributed by atoms with Gasteiger partial charge in [-0.05, 0) is 73.5 Å². The summed E-state index contributed by atoms with van der Waals surface area (Å²) in [6, 6.07) is 54.9. The van der Waals surface area contributed by atoms with Crippen LogP contribution in [0.3, 0.4) is 0 Å². The third-order valence-electron chi connectivity index (χ3n) is 7.72. The average molecular weight is 569 g/mol. The van der Waals surface area contributed by atoms with Crippen LogP contribution >= 0.6 is 0 Å². The van der Waals surface area contributed by atoms with E-state index in [4.69, 9.17) is 10.1 Å². The van der Waals surface area contributed by atoms with E-state index < -0.39 is 0 Å². The largest absolute Gasteiger partial charge is 0.311 e. The van der Waals surface area contributed by atoms with Gasteiger partial charge < -0.3 is 4.90 Å². The SMILES string of the molecule is Cc1cc(C)cc(-c2ccc(N(c3ccccc3)c3ccc(-n4nc(-c5ccccc5)nc4-c4ccccc4)cc3)cc2)c1. The Kier molecular flexibility index (Phi) is 7.31. The van der Waals surface area contributed by atoms with Gasteiger partial charge in [-0.25, -0.2) is 9.67 Å². The van der Waals surface area contributed by atoms with Crippen molar-refractivity contribution in [3.8, 4) is 39.6 Å². The van der Waals surface area contributed by atoms with Crippen molar-refractivity contribution in [2.24, 2.45) is 0 Å². The fraction of sp³-hybridized carbons (Fsp3) is 0.0500. The number of benzene rings is 6. The lowest BCUT2D eigenvalue weighted by Gasteiger charge is -2.26. The van der Waals surface area contributed by atoms with Gasteiger partial charge in [-0.15, -0.1) is 5.10 Å². The molecular formula is C40H32N4. The van der Waals surface area contributed by atoms with E-state index in [9.17, 15) is 0 Å². The van der Waals surface area contributed by atoms with Crippen molar-refractivity contribution < 1.29 is 0 Å². The smallest absolute Gasteiger partial charge is 0.182 e. The lowest BCUT2D eigenvalue weighted by Crippen LogP contribution is -2.10. The monoisotopic (exact) mass is 568 g/mol. The summed E-state index contributed by atoms with van der Waals surface area (Å²) in [6.45, 7) is 4.30. The fourth-order valence-electron chi connectivity index (χ4n) is 5.69. The molecule has 212 valence electrons. The minimum absolute atomic E-state index is 0.698. The van der Waals surface area contributed by atoms with E-state index in [0.29, 0.717) is 5.82 Å². The van der Waals surface area contributed by atoms with E-state index in [0.717, 1.165) is 39.7 Å². The number of aryl methyl sites for hydroxylation is 2. The summed E-state index contributed by atoms with van der Waals surface area (Å²) in [6.07, 6.45) is 0. The van der Waals surface area contributed by atoms with Gasteiger partial charge in [-0.1, -0.05) is 120 Å². The summed E-state index contributed by atoms with van der Waals surface area (Å²) in [5, 5.41) is 4.96. The Bertz CT molecular complexity index is 1970. The van der Waals surface area contributed by atoms with Crippen LogP contribution in [-0.2, 0) is 0 Å².